The quantitative estimate of drug-likeness (QED) is 0.765. The van der Waals surface area contributed by atoms with Gasteiger partial charge in [-0.3, -0.25) is 4.72 Å². The molecule has 0 saturated heterocycles. The van der Waals surface area contributed by atoms with Gasteiger partial charge in [-0.2, -0.15) is 0 Å². The number of hydrogen-bond donors (Lipinski definition) is 2. The summed E-state index contributed by atoms with van der Waals surface area (Å²) in [5.41, 5.74) is 0.209. The van der Waals surface area contributed by atoms with E-state index >= 15 is 0 Å². The van der Waals surface area contributed by atoms with Crippen molar-refractivity contribution in [2.24, 2.45) is 0 Å². The summed E-state index contributed by atoms with van der Waals surface area (Å²) in [5.74, 6) is -0.264. The van der Waals surface area contributed by atoms with E-state index < -0.39 is 20.7 Å². The number of nitrogens with one attached hydrogen (secondary N) is 1. The maximum Gasteiger partial charge on any atom is 0.265 e. The van der Waals surface area contributed by atoms with Crippen molar-refractivity contribution in [1.29, 1.82) is 0 Å². The number of phenols is 1. The van der Waals surface area contributed by atoms with E-state index in [4.69, 9.17) is 27.9 Å². The summed E-state index contributed by atoms with van der Waals surface area (Å²) in [4.78, 5) is -0.421. The van der Waals surface area contributed by atoms with Gasteiger partial charge in [0.1, 0.15) is 10.6 Å². The van der Waals surface area contributed by atoms with Gasteiger partial charge in [0.05, 0.1) is 17.8 Å². The first kappa shape index (κ1) is 17.2. The van der Waals surface area contributed by atoms with Gasteiger partial charge in [-0.1, -0.05) is 39.1 Å². The number of sulfonamides is 1. The molecule has 0 atom stereocenters. The Balaban J connectivity index is 2.49. The standard InChI is InChI=1S/C13H10BrCl2NO4S/c1-21-11-4-7(14)2-3-10(11)17-22(19,20)12-6-8(15)5-9(16)13(12)18/h2-6,17-18H,1H3. The Bertz CT molecular complexity index is 827. The minimum atomic E-state index is -4.10. The van der Waals surface area contributed by atoms with Crippen LogP contribution in [0, 0.1) is 0 Å². The normalized spacial score (nSPS) is 11.3. The van der Waals surface area contributed by atoms with Crippen LogP contribution in [0.25, 0.3) is 0 Å². The second-order valence-electron chi connectivity index (χ2n) is 4.18. The van der Waals surface area contributed by atoms with Crippen molar-refractivity contribution in [3.63, 3.8) is 0 Å². The van der Waals surface area contributed by atoms with Crippen LogP contribution in [-0.2, 0) is 10.0 Å². The zero-order chi connectivity index (χ0) is 16.5. The molecular formula is C13H10BrCl2NO4S. The van der Waals surface area contributed by atoms with Gasteiger partial charge in [-0.05, 0) is 30.3 Å². The van der Waals surface area contributed by atoms with Gasteiger partial charge in [0.15, 0.2) is 5.75 Å². The van der Waals surface area contributed by atoms with Crippen LogP contribution in [0.4, 0.5) is 5.69 Å². The maximum atomic E-state index is 12.4. The molecule has 0 amide bonds. The van der Waals surface area contributed by atoms with E-state index in [9.17, 15) is 13.5 Å². The smallest absolute Gasteiger partial charge is 0.265 e. The first-order valence-corrected chi connectivity index (χ1v) is 8.82. The van der Waals surface area contributed by atoms with Crippen LogP contribution in [-0.4, -0.2) is 20.6 Å². The van der Waals surface area contributed by atoms with E-state index in [1.165, 1.54) is 19.2 Å². The van der Waals surface area contributed by atoms with Crippen molar-refractivity contribution >= 4 is 54.8 Å². The number of phenolic OH excluding ortho intramolecular Hbond substituents is 1. The van der Waals surface area contributed by atoms with Crippen LogP contribution in [0.1, 0.15) is 0 Å². The molecule has 0 aromatic heterocycles. The number of hydrogen-bond acceptors (Lipinski definition) is 4. The number of halogens is 3. The lowest BCUT2D eigenvalue weighted by molar-refractivity contribution is 0.416. The molecule has 2 N–H and O–H groups in total. The summed E-state index contributed by atoms with van der Waals surface area (Å²) in [6, 6.07) is 7.12. The highest BCUT2D eigenvalue weighted by Gasteiger charge is 2.23. The van der Waals surface area contributed by atoms with E-state index in [0.717, 1.165) is 10.5 Å². The van der Waals surface area contributed by atoms with Crippen LogP contribution in [0.15, 0.2) is 39.7 Å². The van der Waals surface area contributed by atoms with E-state index in [1.54, 1.807) is 12.1 Å². The number of benzene rings is 2. The third-order valence-electron chi connectivity index (χ3n) is 2.69. The van der Waals surface area contributed by atoms with Crippen LogP contribution in [0.2, 0.25) is 10.0 Å². The lowest BCUT2D eigenvalue weighted by Crippen LogP contribution is -2.14. The molecule has 0 bridgehead atoms. The van der Waals surface area contributed by atoms with Crippen LogP contribution < -0.4 is 9.46 Å². The van der Waals surface area contributed by atoms with Crippen LogP contribution in [0.3, 0.4) is 0 Å². The van der Waals surface area contributed by atoms with Gasteiger partial charge in [0.2, 0.25) is 0 Å². The molecule has 0 unspecified atom stereocenters. The number of rotatable bonds is 4. The summed E-state index contributed by atoms with van der Waals surface area (Å²) in [6.07, 6.45) is 0. The van der Waals surface area contributed by atoms with Crippen molar-refractivity contribution in [3.05, 3.63) is 44.8 Å². The Hall–Kier alpha value is -1.15. The molecular weight excluding hydrogens is 417 g/mol. The van der Waals surface area contributed by atoms with Crippen molar-refractivity contribution in [2.45, 2.75) is 4.90 Å². The van der Waals surface area contributed by atoms with E-state index in [-0.39, 0.29) is 15.7 Å². The Kier molecular flexibility index (Phi) is 5.11. The topological polar surface area (TPSA) is 75.6 Å². The Morgan fingerprint density at radius 2 is 1.91 bits per heavy atom. The molecule has 0 spiro atoms. The minimum Gasteiger partial charge on any atom is -0.505 e. The SMILES string of the molecule is COc1cc(Br)ccc1NS(=O)(=O)c1cc(Cl)cc(Cl)c1O. The molecule has 22 heavy (non-hydrogen) atoms. The van der Waals surface area contributed by atoms with Gasteiger partial charge < -0.3 is 9.84 Å². The molecule has 0 fully saturated rings. The molecule has 2 aromatic carbocycles. The Morgan fingerprint density at radius 1 is 1.23 bits per heavy atom. The molecule has 0 heterocycles. The monoisotopic (exact) mass is 425 g/mol. The lowest BCUT2D eigenvalue weighted by atomic mass is 10.3. The van der Waals surface area contributed by atoms with E-state index in [0.29, 0.717) is 5.75 Å². The number of ether oxygens (including phenoxy) is 1. The molecule has 118 valence electrons. The minimum absolute atomic E-state index is 0.0888. The van der Waals surface area contributed by atoms with Crippen molar-refractivity contribution in [1.82, 2.24) is 0 Å². The van der Waals surface area contributed by atoms with Gasteiger partial charge in [-0.15, -0.1) is 0 Å². The fourth-order valence-electron chi connectivity index (χ4n) is 1.70. The van der Waals surface area contributed by atoms with Crippen LogP contribution in [0.5, 0.6) is 11.5 Å². The molecule has 0 saturated carbocycles. The zero-order valence-corrected chi connectivity index (χ0v) is 15.0. The molecule has 9 heteroatoms. The van der Waals surface area contributed by atoms with Crippen molar-refractivity contribution in [3.8, 4) is 11.5 Å². The largest absolute Gasteiger partial charge is 0.505 e. The van der Waals surface area contributed by atoms with Crippen molar-refractivity contribution in [2.75, 3.05) is 11.8 Å². The number of aromatic hydroxyl groups is 1. The van der Waals surface area contributed by atoms with E-state index in [1.807, 2.05) is 0 Å². The highest BCUT2D eigenvalue weighted by molar-refractivity contribution is 9.10. The predicted octanol–water partition coefficient (Wildman–Crippen LogP) is 4.27. The highest BCUT2D eigenvalue weighted by atomic mass is 79.9. The summed E-state index contributed by atoms with van der Waals surface area (Å²) in [7, 11) is -2.69. The average molecular weight is 427 g/mol. The summed E-state index contributed by atoms with van der Waals surface area (Å²) < 4.78 is 33.0. The van der Waals surface area contributed by atoms with Gasteiger partial charge in [-0.25, -0.2) is 8.42 Å². The van der Waals surface area contributed by atoms with Crippen LogP contribution >= 0.6 is 39.1 Å². The molecule has 2 rings (SSSR count). The number of anilines is 1. The van der Waals surface area contributed by atoms with Crippen molar-refractivity contribution < 1.29 is 18.3 Å². The first-order valence-electron chi connectivity index (χ1n) is 5.79. The average Bonchev–Trinajstić information content (AvgIpc) is 2.44. The molecule has 0 aliphatic rings. The molecule has 0 aliphatic carbocycles. The van der Waals surface area contributed by atoms with Gasteiger partial charge >= 0.3 is 0 Å². The second-order valence-corrected chi connectivity index (χ2v) is 7.59. The molecule has 5 nitrogen and oxygen atoms in total. The summed E-state index contributed by atoms with van der Waals surface area (Å²) in [6.45, 7) is 0. The van der Waals surface area contributed by atoms with Gasteiger partial charge in [0, 0.05) is 9.50 Å². The Labute approximate surface area is 146 Å². The summed E-state index contributed by atoms with van der Waals surface area (Å²) in [5, 5.41) is 9.79. The second kappa shape index (κ2) is 6.54. The molecule has 0 radical (unpaired) electrons. The fraction of sp³-hybridized carbons (Fsp3) is 0.0769. The third kappa shape index (κ3) is 3.60. The Morgan fingerprint density at radius 3 is 2.55 bits per heavy atom. The molecule has 2 aromatic rings. The third-order valence-corrected chi connectivity index (χ3v) is 5.07. The lowest BCUT2D eigenvalue weighted by Gasteiger charge is -2.13. The summed E-state index contributed by atoms with van der Waals surface area (Å²) >= 11 is 14.8. The zero-order valence-electron chi connectivity index (χ0n) is 11.1. The fourth-order valence-corrected chi connectivity index (χ4v) is 3.87. The van der Waals surface area contributed by atoms with E-state index in [2.05, 4.69) is 20.7 Å². The maximum absolute atomic E-state index is 12.4. The predicted molar refractivity (Wildman–Crippen MR) is 89.6 cm³/mol. The first-order chi connectivity index (χ1) is 10.2. The number of methoxy groups -OCH3 is 1. The van der Waals surface area contributed by atoms with Gasteiger partial charge in [0.25, 0.3) is 10.0 Å². The highest BCUT2D eigenvalue weighted by Crippen LogP contribution is 2.36. The molecule has 0 aliphatic heterocycles.